The zero-order chi connectivity index (χ0) is 16.5. The molecule has 0 spiro atoms. The predicted octanol–water partition coefficient (Wildman–Crippen LogP) is 2.28. The lowest BCUT2D eigenvalue weighted by atomic mass is 10.3. The summed E-state index contributed by atoms with van der Waals surface area (Å²) < 4.78 is 63.1. The van der Waals surface area contributed by atoms with E-state index in [0.29, 0.717) is 30.4 Å². The molecule has 0 bridgehead atoms. The molecule has 1 fully saturated rings. The quantitative estimate of drug-likeness (QED) is 0.827. The van der Waals surface area contributed by atoms with Gasteiger partial charge < -0.3 is 9.26 Å². The summed E-state index contributed by atoms with van der Waals surface area (Å²) in [4.78, 5) is 7.18. The lowest BCUT2D eigenvalue weighted by Crippen LogP contribution is -2.25. The van der Waals surface area contributed by atoms with Gasteiger partial charge in [0.05, 0.1) is 46.3 Å². The van der Waals surface area contributed by atoms with E-state index in [9.17, 15) is 17.4 Å². The Morgan fingerprint density at radius 1 is 1.22 bits per heavy atom. The van der Waals surface area contributed by atoms with Crippen LogP contribution in [-0.2, 0) is 20.6 Å². The molecule has 0 aliphatic carbocycles. The van der Waals surface area contributed by atoms with Crippen LogP contribution in [0.4, 0.5) is 18.9 Å². The van der Waals surface area contributed by atoms with Crippen molar-refractivity contribution in [2.75, 3.05) is 24.7 Å². The predicted molar refractivity (Wildman–Crippen MR) is 73.3 cm³/mol. The van der Waals surface area contributed by atoms with E-state index in [-0.39, 0.29) is 11.5 Å². The van der Waals surface area contributed by atoms with Gasteiger partial charge in [-0.05, 0) is 12.1 Å². The van der Waals surface area contributed by atoms with Crippen molar-refractivity contribution in [1.82, 2.24) is 15.1 Å². The van der Waals surface area contributed by atoms with Gasteiger partial charge >= 0.3 is 12.1 Å². The van der Waals surface area contributed by atoms with E-state index in [0.717, 1.165) is 0 Å². The average Bonchev–Trinajstić information content (AvgIpc) is 2.98. The van der Waals surface area contributed by atoms with Crippen molar-refractivity contribution in [3.05, 3.63) is 24.2 Å². The van der Waals surface area contributed by atoms with E-state index in [1.165, 1.54) is 18.3 Å². The highest BCUT2D eigenvalue weighted by Gasteiger charge is 2.38. The fraction of sp³-hybridized carbons (Fsp3) is 0.417. The van der Waals surface area contributed by atoms with Gasteiger partial charge in [-0.1, -0.05) is 5.16 Å². The molecule has 0 atom stereocenters. The summed E-state index contributed by atoms with van der Waals surface area (Å²) in [6.45, 7) is 0.772. The molecule has 7 nitrogen and oxygen atoms in total. The van der Waals surface area contributed by atoms with Crippen LogP contribution in [0.2, 0.25) is 0 Å². The Bertz CT molecular complexity index is 798. The first-order valence-corrected chi connectivity index (χ1v) is 8.39. The number of pyridine rings is 1. The van der Waals surface area contributed by atoms with Crippen molar-refractivity contribution in [2.24, 2.45) is 4.36 Å². The molecular weight excluding hydrogens is 337 g/mol. The maximum absolute atomic E-state index is 12.4. The highest BCUT2D eigenvalue weighted by Crippen LogP contribution is 2.29. The van der Waals surface area contributed by atoms with Crippen molar-refractivity contribution in [2.45, 2.75) is 6.18 Å². The molecule has 2 aromatic rings. The molecule has 0 N–H and O–H groups in total. The molecular formula is C12H11F3N4O3S. The van der Waals surface area contributed by atoms with Crippen LogP contribution >= 0.6 is 0 Å². The number of hydrogen-bond donors (Lipinski definition) is 0. The Kier molecular flexibility index (Phi) is 4.06. The number of ether oxygens (including phenoxy) is 1. The van der Waals surface area contributed by atoms with Gasteiger partial charge in [-0.15, -0.1) is 0 Å². The van der Waals surface area contributed by atoms with Gasteiger partial charge in [-0.2, -0.15) is 22.5 Å². The summed E-state index contributed by atoms with van der Waals surface area (Å²) in [7, 11) is -2.37. The Morgan fingerprint density at radius 2 is 1.96 bits per heavy atom. The molecule has 0 saturated carbocycles. The lowest BCUT2D eigenvalue weighted by molar-refractivity contribution is -0.159. The normalized spacial score (nSPS) is 17.9. The first-order valence-electron chi connectivity index (χ1n) is 6.53. The van der Waals surface area contributed by atoms with Crippen LogP contribution in [0, 0.1) is 0 Å². The molecule has 0 aromatic carbocycles. The number of hydrogen-bond acceptors (Lipinski definition) is 7. The molecule has 1 aliphatic rings. The second-order valence-corrected chi connectivity index (χ2v) is 7.25. The van der Waals surface area contributed by atoms with E-state index in [4.69, 9.17) is 4.74 Å². The molecule has 1 saturated heterocycles. The largest absolute Gasteiger partial charge is 0.471 e. The first-order chi connectivity index (χ1) is 10.9. The van der Waals surface area contributed by atoms with Crippen molar-refractivity contribution in [3.63, 3.8) is 0 Å². The van der Waals surface area contributed by atoms with Crippen molar-refractivity contribution < 1.29 is 26.6 Å². The summed E-state index contributed by atoms with van der Waals surface area (Å²) in [6, 6.07) is 2.89. The lowest BCUT2D eigenvalue weighted by Gasteiger charge is -2.15. The van der Waals surface area contributed by atoms with Gasteiger partial charge in [0.15, 0.2) is 0 Å². The Labute approximate surface area is 129 Å². The second-order valence-electron chi connectivity index (χ2n) is 4.71. The molecule has 23 heavy (non-hydrogen) atoms. The minimum absolute atomic E-state index is 0.102. The monoisotopic (exact) mass is 348 g/mol. The zero-order valence-electron chi connectivity index (χ0n) is 11.6. The van der Waals surface area contributed by atoms with Gasteiger partial charge in [-0.3, -0.25) is 4.98 Å². The molecule has 2 aromatic heterocycles. The maximum Gasteiger partial charge on any atom is 0.471 e. The van der Waals surface area contributed by atoms with E-state index in [2.05, 4.69) is 24.0 Å². The molecule has 1 aliphatic heterocycles. The molecule has 3 rings (SSSR count). The minimum atomic E-state index is -4.71. The zero-order valence-corrected chi connectivity index (χ0v) is 12.4. The number of alkyl halides is 3. The Balaban J connectivity index is 1.84. The summed E-state index contributed by atoms with van der Waals surface area (Å²) >= 11 is 0. The summed E-state index contributed by atoms with van der Waals surface area (Å²) in [5, 5.41) is 3.24. The topological polar surface area (TPSA) is 90.5 Å². The van der Waals surface area contributed by atoms with Crippen molar-refractivity contribution in [1.29, 1.82) is 0 Å². The van der Waals surface area contributed by atoms with E-state index < -0.39 is 21.8 Å². The summed E-state index contributed by atoms with van der Waals surface area (Å²) in [5.41, 5.74) is 0.477. The SMILES string of the molecule is O=S1(=Nc2ccc(-c3noc(C(F)(F)F)n3)nc2)CCOCC1. The van der Waals surface area contributed by atoms with Gasteiger partial charge in [0.25, 0.3) is 0 Å². The highest BCUT2D eigenvalue weighted by molar-refractivity contribution is 7.93. The maximum atomic E-state index is 12.4. The molecule has 3 heterocycles. The second kappa shape index (κ2) is 5.89. The summed E-state index contributed by atoms with van der Waals surface area (Å²) in [5.74, 6) is -1.03. The minimum Gasteiger partial charge on any atom is -0.379 e. The van der Waals surface area contributed by atoms with Gasteiger partial charge in [0.1, 0.15) is 5.69 Å². The number of rotatable bonds is 2. The van der Waals surface area contributed by atoms with Crippen LogP contribution in [0.25, 0.3) is 11.5 Å². The van der Waals surface area contributed by atoms with E-state index >= 15 is 0 Å². The fourth-order valence-corrected chi connectivity index (χ4v) is 3.52. The van der Waals surface area contributed by atoms with Gasteiger partial charge in [0, 0.05) is 0 Å². The van der Waals surface area contributed by atoms with Crippen LogP contribution < -0.4 is 0 Å². The van der Waals surface area contributed by atoms with Gasteiger partial charge in [-0.25, -0.2) is 4.21 Å². The molecule has 0 radical (unpaired) electrons. The van der Waals surface area contributed by atoms with Crippen LogP contribution in [0.3, 0.4) is 0 Å². The molecule has 0 amide bonds. The first kappa shape index (κ1) is 15.9. The van der Waals surface area contributed by atoms with Gasteiger partial charge in [0.2, 0.25) is 5.82 Å². The number of aromatic nitrogens is 3. The summed E-state index contributed by atoms with van der Waals surface area (Å²) in [6.07, 6.45) is -3.40. The third kappa shape index (κ3) is 3.67. The van der Waals surface area contributed by atoms with Crippen LogP contribution in [0.1, 0.15) is 5.89 Å². The van der Waals surface area contributed by atoms with Crippen molar-refractivity contribution in [3.8, 4) is 11.5 Å². The number of nitrogens with zero attached hydrogens (tertiary/aromatic N) is 4. The van der Waals surface area contributed by atoms with Crippen LogP contribution in [0.5, 0.6) is 0 Å². The number of halogens is 3. The Hall–Kier alpha value is -2.01. The third-order valence-corrected chi connectivity index (χ3v) is 5.16. The molecule has 124 valence electrons. The third-order valence-electron chi connectivity index (χ3n) is 3.01. The van der Waals surface area contributed by atoms with E-state index in [1.54, 1.807) is 0 Å². The van der Waals surface area contributed by atoms with Crippen molar-refractivity contribution >= 4 is 15.4 Å². The standard InChI is InChI=1S/C12H11F3N4O3S/c13-12(14,15)11-17-10(18-22-11)9-2-1-8(7-16-9)19-23(20)5-3-21-4-6-23/h1-2,7H,3-6H2. The van der Waals surface area contributed by atoms with Crippen LogP contribution in [0.15, 0.2) is 27.2 Å². The molecule has 11 heteroatoms. The van der Waals surface area contributed by atoms with E-state index in [1.807, 2.05) is 0 Å². The molecule has 0 unspecified atom stereocenters. The Morgan fingerprint density at radius 3 is 2.52 bits per heavy atom. The fourth-order valence-electron chi connectivity index (χ4n) is 1.88. The average molecular weight is 348 g/mol. The highest BCUT2D eigenvalue weighted by atomic mass is 32.2. The van der Waals surface area contributed by atoms with Crippen LogP contribution in [-0.4, -0.2) is 44.1 Å². The smallest absolute Gasteiger partial charge is 0.379 e.